The van der Waals surface area contributed by atoms with Gasteiger partial charge in [-0.1, -0.05) is 12.1 Å². The zero-order valence-electron chi connectivity index (χ0n) is 15.1. The number of methoxy groups -OCH3 is 2. The molecule has 0 amide bonds. The second-order valence-corrected chi connectivity index (χ2v) is 6.66. The summed E-state index contributed by atoms with van der Waals surface area (Å²) in [5.41, 5.74) is 5.92. The van der Waals surface area contributed by atoms with E-state index in [4.69, 9.17) is 29.4 Å². The Balaban J connectivity index is 1.77. The van der Waals surface area contributed by atoms with E-state index in [1.807, 2.05) is 0 Å². The van der Waals surface area contributed by atoms with Crippen LogP contribution in [0.1, 0.15) is 25.6 Å². The first-order valence-electron chi connectivity index (χ1n) is 8.09. The van der Waals surface area contributed by atoms with Gasteiger partial charge in [-0.3, -0.25) is 0 Å². The van der Waals surface area contributed by atoms with Crippen molar-refractivity contribution in [3.8, 4) is 11.5 Å². The first-order valence-corrected chi connectivity index (χ1v) is 8.90. The molecule has 0 bridgehead atoms. The number of hydrogen-bond acceptors (Lipinski definition) is 10. The van der Waals surface area contributed by atoms with Gasteiger partial charge in [-0.05, 0) is 12.1 Å². The Morgan fingerprint density at radius 1 is 1.14 bits per heavy atom. The summed E-state index contributed by atoms with van der Waals surface area (Å²) in [7, 11) is 2.37. The van der Waals surface area contributed by atoms with Gasteiger partial charge in [-0.15, -0.1) is 11.3 Å². The molecule has 2 N–H and O–H groups in total. The molecular weight excluding hydrogens is 390 g/mol. The SMILES string of the molecule is COC(=O)c1sc(N)c(C(=O)OC)c1COC(=O)[C@@H]1COc2ccccc2O1. The minimum atomic E-state index is -0.992. The lowest BCUT2D eigenvalue weighted by atomic mass is 10.1. The summed E-state index contributed by atoms with van der Waals surface area (Å²) in [6.45, 7) is -0.418. The third-order valence-electron chi connectivity index (χ3n) is 3.92. The predicted octanol–water partition coefficient (Wildman–Crippen LogP) is 1.79. The van der Waals surface area contributed by atoms with E-state index in [0.717, 1.165) is 11.3 Å². The minimum Gasteiger partial charge on any atom is -0.485 e. The van der Waals surface area contributed by atoms with Gasteiger partial charge in [0.05, 0.1) is 14.2 Å². The fourth-order valence-electron chi connectivity index (χ4n) is 2.58. The molecule has 0 spiro atoms. The quantitative estimate of drug-likeness (QED) is 0.583. The average Bonchev–Trinajstić information content (AvgIpc) is 3.06. The number of anilines is 1. The fraction of sp³-hybridized carbons (Fsp3) is 0.278. The van der Waals surface area contributed by atoms with E-state index in [-0.39, 0.29) is 34.2 Å². The number of thiophene rings is 1. The highest BCUT2D eigenvalue weighted by atomic mass is 32.1. The lowest BCUT2D eigenvalue weighted by molar-refractivity contribution is -0.155. The number of rotatable bonds is 5. The molecule has 1 aliphatic rings. The smallest absolute Gasteiger partial charge is 0.351 e. The van der Waals surface area contributed by atoms with E-state index >= 15 is 0 Å². The molecule has 0 unspecified atom stereocenters. The van der Waals surface area contributed by atoms with Crippen LogP contribution in [0, 0.1) is 0 Å². The van der Waals surface area contributed by atoms with Crippen molar-refractivity contribution in [3.63, 3.8) is 0 Å². The minimum absolute atomic E-state index is 0.0324. The number of carbonyl (C=O) groups is 3. The summed E-state index contributed by atoms with van der Waals surface area (Å²) in [5, 5.41) is 0.0597. The van der Waals surface area contributed by atoms with Crippen LogP contribution in [-0.2, 0) is 25.6 Å². The molecule has 9 nitrogen and oxygen atoms in total. The molecule has 148 valence electrons. The zero-order valence-corrected chi connectivity index (χ0v) is 15.9. The molecule has 3 rings (SSSR count). The highest BCUT2D eigenvalue weighted by Crippen LogP contribution is 2.34. The van der Waals surface area contributed by atoms with Gasteiger partial charge in [0, 0.05) is 5.56 Å². The first kappa shape index (κ1) is 19.5. The van der Waals surface area contributed by atoms with Crippen LogP contribution in [0.5, 0.6) is 11.5 Å². The molecule has 0 saturated heterocycles. The van der Waals surface area contributed by atoms with Crippen LogP contribution in [0.15, 0.2) is 24.3 Å². The molecule has 1 aliphatic heterocycles. The summed E-state index contributed by atoms with van der Waals surface area (Å²) < 4.78 is 25.7. The summed E-state index contributed by atoms with van der Waals surface area (Å²) in [6, 6.07) is 6.91. The number of nitrogen functional groups attached to an aromatic ring is 1. The molecule has 0 aliphatic carbocycles. The Bertz CT molecular complexity index is 922. The van der Waals surface area contributed by atoms with E-state index in [9.17, 15) is 14.4 Å². The van der Waals surface area contributed by atoms with Gasteiger partial charge >= 0.3 is 17.9 Å². The van der Waals surface area contributed by atoms with Crippen molar-refractivity contribution in [3.05, 3.63) is 40.3 Å². The van der Waals surface area contributed by atoms with Gasteiger partial charge in [0.15, 0.2) is 11.5 Å². The van der Waals surface area contributed by atoms with Crippen molar-refractivity contribution >= 4 is 34.2 Å². The van der Waals surface area contributed by atoms with Crippen LogP contribution in [0.25, 0.3) is 0 Å². The Morgan fingerprint density at radius 3 is 2.50 bits per heavy atom. The molecule has 10 heteroatoms. The molecule has 2 heterocycles. The Hall–Kier alpha value is -3.27. The fourth-order valence-corrected chi connectivity index (χ4v) is 3.56. The summed E-state index contributed by atoms with van der Waals surface area (Å²) in [5.74, 6) is -1.23. The zero-order chi connectivity index (χ0) is 20.3. The highest BCUT2D eigenvalue weighted by molar-refractivity contribution is 7.18. The number of ether oxygens (including phenoxy) is 5. The van der Waals surface area contributed by atoms with Gasteiger partial charge in [0.2, 0.25) is 6.10 Å². The topological polar surface area (TPSA) is 123 Å². The summed E-state index contributed by atoms with van der Waals surface area (Å²) in [6.07, 6.45) is -0.992. The normalized spacial score (nSPS) is 14.9. The maximum absolute atomic E-state index is 12.4. The van der Waals surface area contributed by atoms with Gasteiger partial charge < -0.3 is 29.4 Å². The maximum atomic E-state index is 12.4. The van der Waals surface area contributed by atoms with E-state index in [1.165, 1.54) is 14.2 Å². The lowest BCUT2D eigenvalue weighted by Gasteiger charge is -2.25. The standard InChI is InChI=1S/C18H17NO8S/c1-23-17(21)13-9(14(18(22)24-2)28-15(13)19)7-26-16(20)12-8-25-10-5-3-4-6-11(10)27-12/h3-6,12H,7-8,19H2,1-2H3/t12-/m0/s1. The maximum Gasteiger partial charge on any atom is 0.351 e. The monoisotopic (exact) mass is 407 g/mol. The Morgan fingerprint density at radius 2 is 1.82 bits per heavy atom. The Kier molecular flexibility index (Phi) is 5.69. The van der Waals surface area contributed by atoms with Crippen molar-refractivity contribution < 1.29 is 38.1 Å². The number of hydrogen-bond donors (Lipinski definition) is 1. The molecule has 0 saturated carbocycles. The molecule has 2 aromatic rings. The second kappa shape index (κ2) is 8.17. The van der Waals surface area contributed by atoms with Crippen LogP contribution >= 0.6 is 11.3 Å². The average molecular weight is 407 g/mol. The lowest BCUT2D eigenvalue weighted by Crippen LogP contribution is -2.37. The van der Waals surface area contributed by atoms with Crippen LogP contribution in [-0.4, -0.2) is 44.8 Å². The highest BCUT2D eigenvalue weighted by Gasteiger charge is 2.31. The van der Waals surface area contributed by atoms with Gasteiger partial charge in [0.1, 0.15) is 28.7 Å². The van der Waals surface area contributed by atoms with Crippen LogP contribution < -0.4 is 15.2 Å². The van der Waals surface area contributed by atoms with Crippen molar-refractivity contribution in [1.82, 2.24) is 0 Å². The molecule has 0 radical (unpaired) electrons. The van der Waals surface area contributed by atoms with E-state index in [0.29, 0.717) is 11.5 Å². The van der Waals surface area contributed by atoms with Crippen molar-refractivity contribution in [2.75, 3.05) is 26.6 Å². The second-order valence-electron chi connectivity index (χ2n) is 5.60. The molecule has 1 aromatic carbocycles. The number of carbonyl (C=O) groups excluding carboxylic acids is 3. The molecule has 1 atom stereocenters. The first-order chi connectivity index (χ1) is 13.5. The molecule has 28 heavy (non-hydrogen) atoms. The number of benzene rings is 1. The number of fused-ring (bicyclic) bond motifs is 1. The Labute approximate surface area is 163 Å². The van der Waals surface area contributed by atoms with Crippen LogP contribution in [0.4, 0.5) is 5.00 Å². The largest absolute Gasteiger partial charge is 0.485 e. The van der Waals surface area contributed by atoms with E-state index in [1.54, 1.807) is 24.3 Å². The van der Waals surface area contributed by atoms with Crippen LogP contribution in [0.3, 0.4) is 0 Å². The molecule has 0 fully saturated rings. The third-order valence-corrected chi connectivity index (χ3v) is 4.97. The van der Waals surface area contributed by atoms with Gasteiger partial charge in [-0.2, -0.15) is 0 Å². The van der Waals surface area contributed by atoms with Crippen molar-refractivity contribution in [2.45, 2.75) is 12.7 Å². The number of para-hydroxylation sites is 2. The number of esters is 3. The summed E-state index contributed by atoms with van der Waals surface area (Å²) >= 11 is 0.850. The van der Waals surface area contributed by atoms with Crippen LogP contribution in [0.2, 0.25) is 0 Å². The predicted molar refractivity (Wildman–Crippen MR) is 97.6 cm³/mol. The van der Waals surface area contributed by atoms with Crippen molar-refractivity contribution in [2.24, 2.45) is 0 Å². The molecule has 1 aromatic heterocycles. The third kappa shape index (κ3) is 3.72. The van der Waals surface area contributed by atoms with E-state index in [2.05, 4.69) is 0 Å². The van der Waals surface area contributed by atoms with Crippen molar-refractivity contribution in [1.29, 1.82) is 0 Å². The number of nitrogens with two attached hydrogens (primary N) is 1. The van der Waals surface area contributed by atoms with Gasteiger partial charge in [0.25, 0.3) is 0 Å². The molecular formula is C18H17NO8S. The summed E-state index contributed by atoms with van der Waals surface area (Å²) in [4.78, 5) is 36.5. The van der Waals surface area contributed by atoms with Gasteiger partial charge in [-0.25, -0.2) is 14.4 Å². The van der Waals surface area contributed by atoms with E-state index < -0.39 is 24.0 Å².